The summed E-state index contributed by atoms with van der Waals surface area (Å²) in [6.07, 6.45) is 0.457. The van der Waals surface area contributed by atoms with E-state index < -0.39 is 17.7 Å². The van der Waals surface area contributed by atoms with Crippen LogP contribution in [0.3, 0.4) is 0 Å². The Bertz CT molecular complexity index is 575. The maximum Gasteiger partial charge on any atom is 0.128 e. The molecule has 2 rings (SSSR count). The van der Waals surface area contributed by atoms with Crippen LogP contribution in [-0.4, -0.2) is 0 Å². The Labute approximate surface area is 118 Å². The SMILES string of the molecule is NNC(Cc1ccccc1Br)c1cc(F)ccc1F. The molecule has 0 fully saturated rings. The number of nitrogens with one attached hydrogen (secondary N) is 1. The van der Waals surface area contributed by atoms with E-state index >= 15 is 0 Å². The van der Waals surface area contributed by atoms with Gasteiger partial charge in [0.25, 0.3) is 0 Å². The molecule has 0 heterocycles. The van der Waals surface area contributed by atoms with Crippen molar-refractivity contribution in [3.63, 3.8) is 0 Å². The maximum atomic E-state index is 13.7. The third kappa shape index (κ3) is 3.37. The average Bonchev–Trinajstić information content (AvgIpc) is 2.41. The van der Waals surface area contributed by atoms with E-state index in [0.29, 0.717) is 6.42 Å². The van der Waals surface area contributed by atoms with Gasteiger partial charge >= 0.3 is 0 Å². The summed E-state index contributed by atoms with van der Waals surface area (Å²) in [5.74, 6) is 4.51. The van der Waals surface area contributed by atoms with Crippen LogP contribution in [0.15, 0.2) is 46.9 Å². The highest BCUT2D eigenvalue weighted by Crippen LogP contribution is 2.25. The number of rotatable bonds is 4. The van der Waals surface area contributed by atoms with E-state index in [1.807, 2.05) is 24.3 Å². The summed E-state index contributed by atoms with van der Waals surface area (Å²) < 4.78 is 27.9. The van der Waals surface area contributed by atoms with Crippen molar-refractivity contribution in [2.45, 2.75) is 12.5 Å². The molecule has 0 amide bonds. The summed E-state index contributed by atoms with van der Waals surface area (Å²) in [5.41, 5.74) is 3.72. The van der Waals surface area contributed by atoms with Crippen molar-refractivity contribution >= 4 is 15.9 Å². The molecule has 2 aromatic carbocycles. The average molecular weight is 327 g/mol. The van der Waals surface area contributed by atoms with Gasteiger partial charge in [0.1, 0.15) is 11.6 Å². The van der Waals surface area contributed by atoms with E-state index in [1.165, 1.54) is 0 Å². The van der Waals surface area contributed by atoms with Crippen molar-refractivity contribution < 1.29 is 8.78 Å². The van der Waals surface area contributed by atoms with Gasteiger partial charge in [-0.2, -0.15) is 0 Å². The molecule has 2 aromatic rings. The topological polar surface area (TPSA) is 38.0 Å². The lowest BCUT2D eigenvalue weighted by Gasteiger charge is -2.18. The van der Waals surface area contributed by atoms with Crippen molar-refractivity contribution in [2.24, 2.45) is 5.84 Å². The van der Waals surface area contributed by atoms with Crippen LogP contribution < -0.4 is 11.3 Å². The van der Waals surface area contributed by atoms with Crippen LogP contribution in [0.25, 0.3) is 0 Å². The molecule has 19 heavy (non-hydrogen) atoms. The monoisotopic (exact) mass is 326 g/mol. The molecular formula is C14H13BrF2N2. The van der Waals surface area contributed by atoms with Gasteiger partial charge in [-0.3, -0.25) is 11.3 Å². The van der Waals surface area contributed by atoms with Crippen molar-refractivity contribution in [1.29, 1.82) is 0 Å². The standard InChI is InChI=1S/C14H13BrF2N2/c15-12-4-2-1-3-9(12)7-14(19-18)11-8-10(16)5-6-13(11)17/h1-6,8,14,19H,7,18H2. The van der Waals surface area contributed by atoms with Crippen molar-refractivity contribution in [3.05, 3.63) is 69.7 Å². The third-order valence-corrected chi connectivity index (χ3v) is 3.69. The first kappa shape index (κ1) is 14.1. The van der Waals surface area contributed by atoms with Crippen LogP contribution in [0.1, 0.15) is 17.2 Å². The molecule has 0 aromatic heterocycles. The molecule has 2 nitrogen and oxygen atoms in total. The molecule has 1 unspecified atom stereocenters. The molecule has 0 aliphatic rings. The number of hydrogen-bond donors (Lipinski definition) is 2. The molecule has 0 radical (unpaired) electrons. The van der Waals surface area contributed by atoms with Gasteiger partial charge in [0.2, 0.25) is 0 Å². The van der Waals surface area contributed by atoms with Gasteiger partial charge in [0.05, 0.1) is 6.04 Å². The Morgan fingerprint density at radius 2 is 1.89 bits per heavy atom. The molecular weight excluding hydrogens is 314 g/mol. The lowest BCUT2D eigenvalue weighted by atomic mass is 9.99. The quantitative estimate of drug-likeness (QED) is 0.667. The van der Waals surface area contributed by atoms with Gasteiger partial charge in [0.15, 0.2) is 0 Å². The molecule has 0 aliphatic heterocycles. The molecule has 3 N–H and O–H groups in total. The second-order valence-corrected chi connectivity index (χ2v) is 5.03. The van der Waals surface area contributed by atoms with Crippen molar-refractivity contribution in [1.82, 2.24) is 5.43 Å². The summed E-state index contributed by atoms with van der Waals surface area (Å²) in [7, 11) is 0. The van der Waals surface area contributed by atoms with Gasteiger partial charge in [0, 0.05) is 10.0 Å². The largest absolute Gasteiger partial charge is 0.271 e. The van der Waals surface area contributed by atoms with Gasteiger partial charge in [-0.1, -0.05) is 34.1 Å². The molecule has 100 valence electrons. The zero-order valence-electron chi connectivity index (χ0n) is 10.0. The van der Waals surface area contributed by atoms with Gasteiger partial charge < -0.3 is 0 Å². The first-order valence-electron chi connectivity index (χ1n) is 5.76. The minimum Gasteiger partial charge on any atom is -0.271 e. The smallest absolute Gasteiger partial charge is 0.128 e. The molecule has 1 atom stereocenters. The van der Waals surface area contributed by atoms with E-state index in [-0.39, 0.29) is 5.56 Å². The van der Waals surface area contributed by atoms with Gasteiger partial charge in [-0.25, -0.2) is 8.78 Å². The molecule has 5 heteroatoms. The van der Waals surface area contributed by atoms with Crippen LogP contribution >= 0.6 is 15.9 Å². The number of hydrazine groups is 1. The molecule has 0 spiro atoms. The number of hydrogen-bond acceptors (Lipinski definition) is 2. The Kier molecular flexibility index (Phi) is 4.63. The normalized spacial score (nSPS) is 12.4. The van der Waals surface area contributed by atoms with Crippen LogP contribution in [0.4, 0.5) is 8.78 Å². The Hall–Kier alpha value is -1.30. The predicted octanol–water partition coefficient (Wildman–Crippen LogP) is 3.47. The lowest BCUT2D eigenvalue weighted by Crippen LogP contribution is -2.30. The third-order valence-electron chi connectivity index (χ3n) is 2.92. The summed E-state index contributed by atoms with van der Waals surface area (Å²) in [6.45, 7) is 0. The fourth-order valence-corrected chi connectivity index (χ4v) is 2.37. The van der Waals surface area contributed by atoms with Gasteiger partial charge in [-0.05, 0) is 36.2 Å². The Balaban J connectivity index is 2.30. The summed E-state index contributed by atoms with van der Waals surface area (Å²) in [5, 5.41) is 0. The number of nitrogens with two attached hydrogens (primary N) is 1. The lowest BCUT2D eigenvalue weighted by molar-refractivity contribution is 0.502. The highest BCUT2D eigenvalue weighted by Gasteiger charge is 2.17. The highest BCUT2D eigenvalue weighted by atomic mass is 79.9. The summed E-state index contributed by atoms with van der Waals surface area (Å²) in [6, 6.07) is 10.4. The summed E-state index contributed by atoms with van der Waals surface area (Å²) >= 11 is 3.42. The fraction of sp³-hybridized carbons (Fsp3) is 0.143. The first-order chi connectivity index (χ1) is 9.11. The second-order valence-electron chi connectivity index (χ2n) is 4.18. The van der Waals surface area contributed by atoms with Crippen LogP contribution in [-0.2, 0) is 6.42 Å². The van der Waals surface area contributed by atoms with Crippen molar-refractivity contribution in [2.75, 3.05) is 0 Å². The van der Waals surface area contributed by atoms with Gasteiger partial charge in [-0.15, -0.1) is 0 Å². The van der Waals surface area contributed by atoms with E-state index in [0.717, 1.165) is 28.2 Å². The number of benzene rings is 2. The van der Waals surface area contributed by atoms with E-state index in [2.05, 4.69) is 21.4 Å². The van der Waals surface area contributed by atoms with Crippen molar-refractivity contribution in [3.8, 4) is 0 Å². The van der Waals surface area contributed by atoms with E-state index in [9.17, 15) is 8.78 Å². The van der Waals surface area contributed by atoms with Crippen LogP contribution in [0.5, 0.6) is 0 Å². The predicted molar refractivity (Wildman–Crippen MR) is 74.3 cm³/mol. The zero-order chi connectivity index (χ0) is 13.8. The van der Waals surface area contributed by atoms with Crippen LogP contribution in [0, 0.1) is 11.6 Å². The zero-order valence-corrected chi connectivity index (χ0v) is 11.6. The van der Waals surface area contributed by atoms with E-state index in [4.69, 9.17) is 5.84 Å². The molecule has 0 saturated carbocycles. The Morgan fingerprint density at radius 1 is 1.16 bits per heavy atom. The molecule has 0 bridgehead atoms. The number of halogens is 3. The van der Waals surface area contributed by atoms with Crippen LogP contribution in [0.2, 0.25) is 0 Å². The van der Waals surface area contributed by atoms with E-state index in [1.54, 1.807) is 0 Å². The molecule has 0 aliphatic carbocycles. The minimum absolute atomic E-state index is 0.221. The Morgan fingerprint density at radius 3 is 2.58 bits per heavy atom. The summed E-state index contributed by atoms with van der Waals surface area (Å²) in [4.78, 5) is 0. The minimum atomic E-state index is -0.491. The maximum absolute atomic E-state index is 13.7. The highest BCUT2D eigenvalue weighted by molar-refractivity contribution is 9.10. The fourth-order valence-electron chi connectivity index (χ4n) is 1.92. The first-order valence-corrected chi connectivity index (χ1v) is 6.55. The molecule has 0 saturated heterocycles. The second kappa shape index (κ2) is 6.23.